The quantitative estimate of drug-likeness (QED) is 0.261. The third-order valence-corrected chi connectivity index (χ3v) is 5.53. The summed E-state index contributed by atoms with van der Waals surface area (Å²) >= 11 is 0. The van der Waals surface area contributed by atoms with Crippen molar-refractivity contribution in [3.8, 4) is 5.75 Å². The van der Waals surface area contributed by atoms with E-state index in [9.17, 15) is 19.5 Å². The molecule has 0 fully saturated rings. The fourth-order valence-corrected chi connectivity index (χ4v) is 3.78. The van der Waals surface area contributed by atoms with E-state index in [1.165, 1.54) is 26.2 Å². The van der Waals surface area contributed by atoms with E-state index in [0.717, 1.165) is 6.08 Å². The van der Waals surface area contributed by atoms with Gasteiger partial charge in [-0.05, 0) is 55.5 Å². The number of carbonyl (C=O) groups excluding carboxylic acids is 2. The molecule has 0 saturated carbocycles. The number of methoxy groups -OCH3 is 1. The SMILES string of the molecule is CO[C@H](CC/C=C/C(=O)O)[C@H](OC(=O)Nc1ccc(C(C)=O)cc1)c1ccc(O)c2ccccc12. The van der Waals surface area contributed by atoms with Gasteiger partial charge in [0.05, 0.1) is 6.10 Å². The number of benzene rings is 3. The molecular formula is C27H27NO7. The molecule has 0 radical (unpaired) electrons. The number of aromatic hydroxyl groups is 1. The molecule has 35 heavy (non-hydrogen) atoms. The van der Waals surface area contributed by atoms with Crippen molar-refractivity contribution >= 4 is 34.3 Å². The summed E-state index contributed by atoms with van der Waals surface area (Å²) in [6, 6.07) is 16.8. The number of hydrogen-bond acceptors (Lipinski definition) is 6. The number of carbonyl (C=O) groups is 3. The van der Waals surface area contributed by atoms with Crippen LogP contribution in [0.15, 0.2) is 72.8 Å². The lowest BCUT2D eigenvalue weighted by Gasteiger charge is -2.27. The molecule has 0 aliphatic carbocycles. The van der Waals surface area contributed by atoms with Gasteiger partial charge in [-0.1, -0.05) is 36.4 Å². The molecule has 0 unspecified atom stereocenters. The maximum Gasteiger partial charge on any atom is 0.412 e. The van der Waals surface area contributed by atoms with Crippen molar-refractivity contribution in [3.63, 3.8) is 0 Å². The van der Waals surface area contributed by atoms with Gasteiger partial charge in [-0.25, -0.2) is 9.59 Å². The van der Waals surface area contributed by atoms with Crippen LogP contribution in [0.5, 0.6) is 5.75 Å². The highest BCUT2D eigenvalue weighted by Crippen LogP contribution is 2.36. The summed E-state index contributed by atoms with van der Waals surface area (Å²) in [5.74, 6) is -1.04. The monoisotopic (exact) mass is 477 g/mol. The lowest BCUT2D eigenvalue weighted by atomic mass is 9.94. The number of nitrogens with one attached hydrogen (secondary N) is 1. The first-order valence-electron chi connectivity index (χ1n) is 11.0. The van der Waals surface area contributed by atoms with Crippen molar-refractivity contribution in [2.75, 3.05) is 12.4 Å². The molecular weight excluding hydrogens is 450 g/mol. The third kappa shape index (κ3) is 6.68. The zero-order valence-electron chi connectivity index (χ0n) is 19.4. The van der Waals surface area contributed by atoms with Gasteiger partial charge in [0, 0.05) is 35.4 Å². The first-order chi connectivity index (χ1) is 16.8. The fraction of sp³-hybridized carbons (Fsp3) is 0.222. The second-order valence-electron chi connectivity index (χ2n) is 7.90. The number of ether oxygens (including phenoxy) is 2. The minimum Gasteiger partial charge on any atom is -0.507 e. The van der Waals surface area contributed by atoms with Crippen LogP contribution in [0, 0.1) is 0 Å². The Bertz CT molecular complexity index is 1230. The van der Waals surface area contributed by atoms with E-state index in [2.05, 4.69) is 5.32 Å². The first-order valence-corrected chi connectivity index (χ1v) is 11.0. The van der Waals surface area contributed by atoms with Crippen LogP contribution in [0.2, 0.25) is 0 Å². The van der Waals surface area contributed by atoms with Gasteiger partial charge in [0.2, 0.25) is 0 Å². The van der Waals surface area contributed by atoms with Crippen molar-refractivity contribution in [3.05, 3.63) is 83.9 Å². The minimum atomic E-state index is -1.05. The van der Waals surface area contributed by atoms with Crippen molar-refractivity contribution in [2.45, 2.75) is 32.0 Å². The maximum atomic E-state index is 12.9. The molecule has 8 heteroatoms. The van der Waals surface area contributed by atoms with E-state index in [0.29, 0.717) is 40.4 Å². The minimum absolute atomic E-state index is 0.0849. The van der Waals surface area contributed by atoms with Crippen LogP contribution in [0.25, 0.3) is 10.8 Å². The van der Waals surface area contributed by atoms with E-state index >= 15 is 0 Å². The summed E-state index contributed by atoms with van der Waals surface area (Å²) in [7, 11) is 1.49. The molecule has 0 saturated heterocycles. The van der Waals surface area contributed by atoms with E-state index in [1.807, 2.05) is 12.1 Å². The number of anilines is 1. The molecule has 2 atom stereocenters. The van der Waals surface area contributed by atoms with Gasteiger partial charge in [-0.15, -0.1) is 0 Å². The van der Waals surface area contributed by atoms with Gasteiger partial charge in [0.15, 0.2) is 11.9 Å². The standard InChI is InChI=1S/C27H27NO7/c1-17(29)18-11-13-19(14-12-18)28-27(33)35-26(24(34-2)9-5-6-10-25(31)32)22-15-16-23(30)21-8-4-3-7-20(21)22/h3-4,6-8,10-16,24,26,30H,5,9H2,1-2H3,(H,28,33)(H,31,32)/b10-6+/t24-,26-/m1/s1. The largest absolute Gasteiger partial charge is 0.507 e. The van der Waals surface area contributed by atoms with E-state index in [1.54, 1.807) is 42.5 Å². The number of carboxylic acid groups (broad SMARTS) is 1. The number of phenols is 1. The lowest BCUT2D eigenvalue weighted by Crippen LogP contribution is -2.28. The molecule has 3 aromatic carbocycles. The molecule has 3 N–H and O–H groups in total. The number of carboxylic acids is 1. The third-order valence-electron chi connectivity index (χ3n) is 5.53. The number of Topliss-reactive ketones (excluding diaryl/α,β-unsaturated/α-hetero) is 1. The van der Waals surface area contributed by atoms with Gasteiger partial charge in [-0.2, -0.15) is 0 Å². The second-order valence-corrected chi connectivity index (χ2v) is 7.90. The Morgan fingerprint density at radius 3 is 2.31 bits per heavy atom. The highest BCUT2D eigenvalue weighted by molar-refractivity contribution is 5.95. The number of phenolic OH excluding ortho intramolecular Hbond substituents is 1. The molecule has 3 rings (SSSR count). The smallest absolute Gasteiger partial charge is 0.412 e. The Morgan fingerprint density at radius 1 is 1.00 bits per heavy atom. The number of allylic oxidation sites excluding steroid dienone is 1. The molecule has 0 bridgehead atoms. The highest BCUT2D eigenvalue weighted by Gasteiger charge is 2.29. The van der Waals surface area contributed by atoms with Gasteiger partial charge < -0.3 is 19.7 Å². The molecule has 182 valence electrons. The average molecular weight is 478 g/mol. The second kappa shape index (κ2) is 11.8. The Hall–Kier alpha value is -4.17. The van der Waals surface area contributed by atoms with Crippen LogP contribution in [0.4, 0.5) is 10.5 Å². The van der Waals surface area contributed by atoms with E-state index in [4.69, 9.17) is 14.6 Å². The number of hydrogen-bond donors (Lipinski definition) is 3. The van der Waals surface area contributed by atoms with Crippen molar-refractivity contribution in [2.24, 2.45) is 0 Å². The van der Waals surface area contributed by atoms with E-state index in [-0.39, 0.29) is 11.5 Å². The first kappa shape index (κ1) is 25.5. The molecule has 3 aromatic rings. The summed E-state index contributed by atoms with van der Waals surface area (Å²) in [6.07, 6.45) is 1.13. The van der Waals surface area contributed by atoms with Crippen LogP contribution in [0.1, 0.15) is 41.8 Å². The van der Waals surface area contributed by atoms with Crippen LogP contribution in [-0.2, 0) is 14.3 Å². The molecule has 1 amide bonds. The Balaban J connectivity index is 1.90. The molecule has 0 spiro atoms. The number of fused-ring (bicyclic) bond motifs is 1. The zero-order chi connectivity index (χ0) is 25.4. The maximum absolute atomic E-state index is 12.9. The summed E-state index contributed by atoms with van der Waals surface area (Å²) < 4.78 is 11.5. The van der Waals surface area contributed by atoms with Gasteiger partial charge in [0.25, 0.3) is 0 Å². The summed E-state index contributed by atoms with van der Waals surface area (Å²) in [5.41, 5.74) is 1.61. The van der Waals surface area contributed by atoms with Gasteiger partial charge in [0.1, 0.15) is 5.75 Å². The van der Waals surface area contributed by atoms with Crippen LogP contribution in [-0.4, -0.2) is 41.3 Å². The van der Waals surface area contributed by atoms with Crippen LogP contribution >= 0.6 is 0 Å². The Kier molecular flexibility index (Phi) is 8.58. The summed E-state index contributed by atoms with van der Waals surface area (Å²) in [6.45, 7) is 1.46. The number of rotatable bonds is 10. The number of amides is 1. The zero-order valence-corrected chi connectivity index (χ0v) is 19.4. The molecule has 0 aliphatic rings. The predicted molar refractivity (Wildman–Crippen MR) is 132 cm³/mol. The highest BCUT2D eigenvalue weighted by atomic mass is 16.6. The van der Waals surface area contributed by atoms with Crippen LogP contribution < -0.4 is 5.32 Å². The Labute approximate surface area is 202 Å². The average Bonchev–Trinajstić information content (AvgIpc) is 2.84. The predicted octanol–water partition coefficient (Wildman–Crippen LogP) is 5.47. The summed E-state index contributed by atoms with van der Waals surface area (Å²) in [5, 5.41) is 23.1. The molecule has 0 heterocycles. The van der Waals surface area contributed by atoms with Gasteiger partial charge in [-0.3, -0.25) is 10.1 Å². The number of ketones is 1. The summed E-state index contributed by atoms with van der Waals surface area (Å²) in [4.78, 5) is 35.1. The normalized spacial score (nSPS) is 12.9. The number of aliphatic carboxylic acids is 1. The molecule has 0 aromatic heterocycles. The lowest BCUT2D eigenvalue weighted by molar-refractivity contribution is -0.131. The van der Waals surface area contributed by atoms with Crippen LogP contribution in [0.3, 0.4) is 0 Å². The van der Waals surface area contributed by atoms with Gasteiger partial charge >= 0.3 is 12.1 Å². The Morgan fingerprint density at radius 2 is 1.69 bits per heavy atom. The van der Waals surface area contributed by atoms with Crippen molar-refractivity contribution in [1.82, 2.24) is 0 Å². The molecule has 8 nitrogen and oxygen atoms in total. The van der Waals surface area contributed by atoms with Crippen molar-refractivity contribution < 1.29 is 34.1 Å². The van der Waals surface area contributed by atoms with E-state index < -0.39 is 24.3 Å². The molecule has 0 aliphatic heterocycles. The van der Waals surface area contributed by atoms with Crippen molar-refractivity contribution in [1.29, 1.82) is 0 Å². The fourth-order valence-electron chi connectivity index (χ4n) is 3.78. The topological polar surface area (TPSA) is 122 Å².